The van der Waals surface area contributed by atoms with E-state index in [2.05, 4.69) is 27.3 Å². The summed E-state index contributed by atoms with van der Waals surface area (Å²) in [7, 11) is 0. The molecule has 4 atom stereocenters. The Morgan fingerprint density at radius 2 is 2.06 bits per heavy atom. The molecule has 0 radical (unpaired) electrons. The molecule has 1 aromatic heterocycles. The van der Waals surface area contributed by atoms with Crippen molar-refractivity contribution in [1.82, 2.24) is 20.1 Å². The molecule has 3 fully saturated rings. The molecular weight excluding hydrogens is 432 g/mol. The van der Waals surface area contributed by atoms with Crippen molar-refractivity contribution in [1.29, 1.82) is 0 Å². The number of H-pyrrole nitrogens is 1. The molecule has 2 bridgehead atoms. The number of carbonyl (C=O) groups excluding carboxylic acids is 2. The highest BCUT2D eigenvalue weighted by Crippen LogP contribution is 2.51. The fraction of sp³-hybridized carbons (Fsp3) is 0.538. The summed E-state index contributed by atoms with van der Waals surface area (Å²) in [5.41, 5.74) is 1.65. The highest BCUT2D eigenvalue weighted by molar-refractivity contribution is 5.93. The quantitative estimate of drug-likeness (QED) is 0.455. The molecule has 8 heteroatoms. The summed E-state index contributed by atoms with van der Waals surface area (Å²) in [6, 6.07) is 8.21. The van der Waals surface area contributed by atoms with Gasteiger partial charge in [0.2, 0.25) is 11.8 Å². The van der Waals surface area contributed by atoms with Crippen molar-refractivity contribution in [3.8, 4) is 0 Å². The molecule has 6 rings (SSSR count). The SMILES string of the molecule is O=C(NCCCN1CCOCC1)[C@@H]1[C@H]2C=C[C@]3(CN(CCc4c[nH]c5ccccc45)C(=O)[C@@H]13)O2. The molecule has 5 heterocycles. The average Bonchev–Trinajstić information content (AvgIpc) is 3.61. The third-order valence-corrected chi connectivity index (χ3v) is 7.86. The zero-order chi connectivity index (χ0) is 23.1. The molecule has 4 aliphatic heterocycles. The number of hydrogen-bond donors (Lipinski definition) is 2. The minimum Gasteiger partial charge on any atom is -0.379 e. The average molecular weight is 465 g/mol. The molecule has 2 N–H and O–H groups in total. The fourth-order valence-corrected chi connectivity index (χ4v) is 6.12. The molecule has 34 heavy (non-hydrogen) atoms. The van der Waals surface area contributed by atoms with Crippen molar-refractivity contribution in [2.75, 3.05) is 52.5 Å². The van der Waals surface area contributed by atoms with Crippen molar-refractivity contribution in [3.63, 3.8) is 0 Å². The lowest BCUT2D eigenvalue weighted by molar-refractivity contribution is -0.137. The Kier molecular flexibility index (Phi) is 5.67. The predicted octanol–water partition coefficient (Wildman–Crippen LogP) is 1.33. The Labute approximate surface area is 199 Å². The van der Waals surface area contributed by atoms with Gasteiger partial charge in [-0.15, -0.1) is 0 Å². The van der Waals surface area contributed by atoms with E-state index in [1.807, 2.05) is 35.4 Å². The molecule has 2 amide bonds. The number of nitrogens with zero attached hydrogens (tertiary/aromatic N) is 2. The first-order valence-corrected chi connectivity index (χ1v) is 12.4. The first kappa shape index (κ1) is 21.8. The second-order valence-electron chi connectivity index (χ2n) is 9.87. The minimum absolute atomic E-state index is 0.0418. The van der Waals surface area contributed by atoms with Crippen molar-refractivity contribution in [3.05, 3.63) is 48.2 Å². The molecule has 0 saturated carbocycles. The number of para-hydroxylation sites is 1. The van der Waals surface area contributed by atoms with Gasteiger partial charge >= 0.3 is 0 Å². The summed E-state index contributed by atoms with van der Waals surface area (Å²) in [5, 5.41) is 4.28. The lowest BCUT2D eigenvalue weighted by Crippen LogP contribution is -2.45. The summed E-state index contributed by atoms with van der Waals surface area (Å²) in [6.45, 7) is 6.16. The Bertz CT molecular complexity index is 1110. The molecule has 0 unspecified atom stereocenters. The monoisotopic (exact) mass is 464 g/mol. The summed E-state index contributed by atoms with van der Waals surface area (Å²) in [6.07, 6.45) is 7.38. The number of nitrogens with one attached hydrogen (secondary N) is 2. The van der Waals surface area contributed by atoms with E-state index in [0.717, 1.165) is 51.2 Å². The Balaban J connectivity index is 1.07. The van der Waals surface area contributed by atoms with Crippen LogP contribution in [-0.4, -0.2) is 90.8 Å². The van der Waals surface area contributed by atoms with Gasteiger partial charge in [-0.25, -0.2) is 0 Å². The van der Waals surface area contributed by atoms with Crippen LogP contribution in [0, 0.1) is 11.8 Å². The van der Waals surface area contributed by atoms with Gasteiger partial charge in [-0.05, 0) is 31.0 Å². The van der Waals surface area contributed by atoms with Gasteiger partial charge in [-0.1, -0.05) is 30.4 Å². The number of likely N-dealkylation sites (tertiary alicyclic amines) is 1. The van der Waals surface area contributed by atoms with Crippen LogP contribution in [0.5, 0.6) is 0 Å². The third kappa shape index (κ3) is 3.74. The maximum absolute atomic E-state index is 13.5. The fourth-order valence-electron chi connectivity index (χ4n) is 6.12. The van der Waals surface area contributed by atoms with Gasteiger partial charge in [0.25, 0.3) is 0 Å². The third-order valence-electron chi connectivity index (χ3n) is 7.86. The number of rotatable bonds is 8. The van der Waals surface area contributed by atoms with Gasteiger partial charge in [0.1, 0.15) is 5.60 Å². The standard InChI is InChI=1S/C26H32N4O4/c31-24(27-9-3-10-29-12-14-33-15-13-29)22-21-6-8-26(34-21)17-30(25(32)23(22)26)11-7-18-16-28-20-5-2-1-4-19(18)20/h1-2,4-6,8,16,21-23,28H,3,7,9-15,17H2,(H,27,31)/t21-,22-,23-,26-/m1/s1. The number of morpholine rings is 1. The van der Waals surface area contributed by atoms with Crippen molar-refractivity contribution in [2.45, 2.75) is 24.5 Å². The van der Waals surface area contributed by atoms with Crippen LogP contribution in [0.2, 0.25) is 0 Å². The van der Waals surface area contributed by atoms with Crippen molar-refractivity contribution < 1.29 is 19.1 Å². The van der Waals surface area contributed by atoms with Crippen LogP contribution >= 0.6 is 0 Å². The predicted molar refractivity (Wildman–Crippen MR) is 127 cm³/mol. The van der Waals surface area contributed by atoms with Crippen LogP contribution in [-0.2, 0) is 25.5 Å². The number of aromatic nitrogens is 1. The second kappa shape index (κ2) is 8.83. The van der Waals surface area contributed by atoms with E-state index in [-0.39, 0.29) is 17.9 Å². The Hall–Kier alpha value is -2.68. The molecule has 8 nitrogen and oxygen atoms in total. The number of carbonyl (C=O) groups is 2. The van der Waals surface area contributed by atoms with Crippen LogP contribution in [0.15, 0.2) is 42.6 Å². The van der Waals surface area contributed by atoms with E-state index in [0.29, 0.717) is 19.6 Å². The van der Waals surface area contributed by atoms with Gasteiger partial charge in [-0.2, -0.15) is 0 Å². The zero-order valence-corrected chi connectivity index (χ0v) is 19.4. The summed E-state index contributed by atoms with van der Waals surface area (Å²) >= 11 is 0. The van der Waals surface area contributed by atoms with Gasteiger partial charge in [0.15, 0.2) is 0 Å². The normalized spacial score (nSPS) is 30.4. The number of aromatic amines is 1. The van der Waals surface area contributed by atoms with E-state index >= 15 is 0 Å². The topological polar surface area (TPSA) is 86.9 Å². The Morgan fingerprint density at radius 1 is 1.21 bits per heavy atom. The van der Waals surface area contributed by atoms with E-state index < -0.39 is 17.4 Å². The number of ether oxygens (including phenoxy) is 2. The van der Waals surface area contributed by atoms with Gasteiger partial charge in [0, 0.05) is 43.3 Å². The van der Waals surface area contributed by atoms with Gasteiger partial charge in [-0.3, -0.25) is 14.5 Å². The highest BCUT2D eigenvalue weighted by Gasteiger charge is 2.66. The first-order valence-electron chi connectivity index (χ1n) is 12.4. The van der Waals surface area contributed by atoms with Crippen LogP contribution in [0.1, 0.15) is 12.0 Å². The van der Waals surface area contributed by atoms with Gasteiger partial charge in [0.05, 0.1) is 37.7 Å². The van der Waals surface area contributed by atoms with Crippen LogP contribution < -0.4 is 5.32 Å². The molecular formula is C26H32N4O4. The number of fused-ring (bicyclic) bond motifs is 2. The molecule has 2 aromatic rings. The molecule has 3 saturated heterocycles. The maximum Gasteiger partial charge on any atom is 0.230 e. The van der Waals surface area contributed by atoms with E-state index in [9.17, 15) is 9.59 Å². The molecule has 180 valence electrons. The molecule has 1 aromatic carbocycles. The van der Waals surface area contributed by atoms with Gasteiger partial charge < -0.3 is 24.7 Å². The zero-order valence-electron chi connectivity index (χ0n) is 19.4. The van der Waals surface area contributed by atoms with Crippen molar-refractivity contribution in [2.24, 2.45) is 11.8 Å². The van der Waals surface area contributed by atoms with Crippen LogP contribution in [0.3, 0.4) is 0 Å². The lowest BCUT2D eigenvalue weighted by Gasteiger charge is -2.27. The highest BCUT2D eigenvalue weighted by atomic mass is 16.5. The molecule has 4 aliphatic rings. The first-order chi connectivity index (χ1) is 16.6. The maximum atomic E-state index is 13.5. The van der Waals surface area contributed by atoms with E-state index in [1.165, 1.54) is 10.9 Å². The number of amides is 2. The van der Waals surface area contributed by atoms with E-state index in [4.69, 9.17) is 9.47 Å². The largest absolute Gasteiger partial charge is 0.379 e. The number of hydrogen-bond acceptors (Lipinski definition) is 5. The lowest BCUT2D eigenvalue weighted by atomic mass is 9.77. The summed E-state index contributed by atoms with van der Waals surface area (Å²) in [5.74, 6) is -0.890. The van der Waals surface area contributed by atoms with Crippen LogP contribution in [0.25, 0.3) is 10.9 Å². The molecule has 1 spiro atoms. The minimum atomic E-state index is -0.655. The summed E-state index contributed by atoms with van der Waals surface area (Å²) < 4.78 is 11.7. The second-order valence-corrected chi connectivity index (χ2v) is 9.87. The number of benzene rings is 1. The van der Waals surface area contributed by atoms with E-state index in [1.54, 1.807) is 0 Å². The van der Waals surface area contributed by atoms with Crippen LogP contribution in [0.4, 0.5) is 0 Å². The smallest absolute Gasteiger partial charge is 0.230 e. The Morgan fingerprint density at radius 3 is 2.94 bits per heavy atom. The summed E-state index contributed by atoms with van der Waals surface area (Å²) in [4.78, 5) is 34.1. The van der Waals surface area contributed by atoms with Crippen molar-refractivity contribution >= 4 is 22.7 Å². The molecule has 0 aliphatic carbocycles.